The zero-order valence-electron chi connectivity index (χ0n) is 10.5. The van der Waals surface area contributed by atoms with Crippen LogP contribution in [0.1, 0.15) is 42.1 Å². The molecule has 0 spiro atoms. The van der Waals surface area contributed by atoms with E-state index in [1.54, 1.807) is 5.38 Å². The third-order valence-corrected chi connectivity index (χ3v) is 4.04. The van der Waals surface area contributed by atoms with Crippen molar-refractivity contribution in [3.05, 3.63) is 46.2 Å². The van der Waals surface area contributed by atoms with E-state index in [1.807, 2.05) is 17.5 Å². The van der Waals surface area contributed by atoms with Gasteiger partial charge in [-0.25, -0.2) is 4.79 Å². The third kappa shape index (κ3) is 2.46. The Morgan fingerprint density at radius 2 is 1.94 bits per heavy atom. The van der Waals surface area contributed by atoms with Crippen molar-refractivity contribution in [2.75, 3.05) is 0 Å². The summed E-state index contributed by atoms with van der Waals surface area (Å²) in [5, 5.41) is 12.7. The van der Waals surface area contributed by atoms with Gasteiger partial charge in [-0.1, -0.05) is 38.1 Å². The molecule has 1 atom stereocenters. The Hall–Kier alpha value is -1.61. The first-order chi connectivity index (χ1) is 8.63. The van der Waals surface area contributed by atoms with Gasteiger partial charge in [-0.3, -0.25) is 0 Å². The molecule has 0 aliphatic heterocycles. The van der Waals surface area contributed by atoms with Gasteiger partial charge in [0.15, 0.2) is 0 Å². The van der Waals surface area contributed by atoms with Crippen LogP contribution in [0.25, 0.3) is 11.1 Å². The summed E-state index contributed by atoms with van der Waals surface area (Å²) < 4.78 is 0. The largest absolute Gasteiger partial charge is 0.478 e. The summed E-state index contributed by atoms with van der Waals surface area (Å²) in [6, 6.07) is 8.20. The number of carboxylic acids is 1. The third-order valence-electron chi connectivity index (χ3n) is 3.30. The van der Waals surface area contributed by atoms with Crippen LogP contribution in [0.2, 0.25) is 0 Å². The molecule has 18 heavy (non-hydrogen) atoms. The van der Waals surface area contributed by atoms with Gasteiger partial charge in [0, 0.05) is 10.9 Å². The van der Waals surface area contributed by atoms with E-state index in [0.29, 0.717) is 11.5 Å². The molecule has 1 unspecified atom stereocenters. The van der Waals surface area contributed by atoms with Crippen molar-refractivity contribution in [2.24, 2.45) is 0 Å². The Morgan fingerprint density at radius 1 is 1.28 bits per heavy atom. The zero-order chi connectivity index (χ0) is 13.1. The minimum Gasteiger partial charge on any atom is -0.478 e. The van der Waals surface area contributed by atoms with E-state index in [1.165, 1.54) is 16.9 Å². The second-order valence-electron chi connectivity index (χ2n) is 4.44. The van der Waals surface area contributed by atoms with Gasteiger partial charge in [0.2, 0.25) is 0 Å². The molecule has 1 N–H and O–H groups in total. The molecule has 0 amide bonds. The maximum Gasteiger partial charge on any atom is 0.337 e. The fourth-order valence-corrected chi connectivity index (χ4v) is 2.74. The molecule has 94 valence electrons. The lowest BCUT2D eigenvalue weighted by Gasteiger charge is -2.09. The SMILES string of the molecule is CCC(C)c1ccc(-c2cscc2C(=O)O)cc1. The van der Waals surface area contributed by atoms with Crippen molar-refractivity contribution in [3.8, 4) is 11.1 Å². The molecule has 0 fully saturated rings. The molecule has 0 aliphatic carbocycles. The normalized spacial score (nSPS) is 12.3. The summed E-state index contributed by atoms with van der Waals surface area (Å²) in [5.74, 6) is -0.322. The summed E-state index contributed by atoms with van der Waals surface area (Å²) in [4.78, 5) is 11.1. The molecule has 0 aliphatic rings. The van der Waals surface area contributed by atoms with Crippen molar-refractivity contribution in [3.63, 3.8) is 0 Å². The molecule has 0 bridgehead atoms. The molecular formula is C15H16O2S. The van der Waals surface area contributed by atoms with Crippen LogP contribution in [0.3, 0.4) is 0 Å². The number of carbonyl (C=O) groups is 1. The van der Waals surface area contributed by atoms with Gasteiger partial charge in [0.25, 0.3) is 0 Å². The van der Waals surface area contributed by atoms with E-state index < -0.39 is 5.97 Å². The van der Waals surface area contributed by atoms with Gasteiger partial charge >= 0.3 is 5.97 Å². The maximum absolute atomic E-state index is 11.1. The molecule has 1 aromatic heterocycles. The standard InChI is InChI=1S/C15H16O2S/c1-3-10(2)11-4-6-12(7-5-11)13-8-18-9-14(13)15(16)17/h4-10H,3H2,1-2H3,(H,16,17). The predicted molar refractivity (Wildman–Crippen MR) is 75.4 cm³/mol. The summed E-state index contributed by atoms with van der Waals surface area (Å²) in [5.41, 5.74) is 3.47. The maximum atomic E-state index is 11.1. The number of thiophene rings is 1. The molecule has 2 aromatic rings. The van der Waals surface area contributed by atoms with Gasteiger partial charge in [0.05, 0.1) is 5.56 Å². The van der Waals surface area contributed by atoms with Crippen LogP contribution in [0.15, 0.2) is 35.0 Å². The minimum atomic E-state index is -0.864. The van der Waals surface area contributed by atoms with E-state index in [-0.39, 0.29) is 0 Å². The molecule has 2 rings (SSSR count). The van der Waals surface area contributed by atoms with Gasteiger partial charge in [-0.05, 0) is 28.8 Å². The molecule has 3 heteroatoms. The van der Waals surface area contributed by atoms with Crippen LogP contribution in [-0.4, -0.2) is 11.1 Å². The Kier molecular flexibility index (Phi) is 3.82. The number of benzene rings is 1. The Balaban J connectivity index is 2.34. The average Bonchev–Trinajstić information content (AvgIpc) is 2.87. The van der Waals surface area contributed by atoms with Crippen molar-refractivity contribution >= 4 is 17.3 Å². The van der Waals surface area contributed by atoms with E-state index in [9.17, 15) is 4.79 Å². The number of hydrogen-bond donors (Lipinski definition) is 1. The Bertz CT molecular complexity index is 540. The van der Waals surface area contributed by atoms with Gasteiger partial charge in [0.1, 0.15) is 0 Å². The Labute approximate surface area is 111 Å². The number of aromatic carboxylic acids is 1. The van der Waals surface area contributed by atoms with E-state index >= 15 is 0 Å². The first-order valence-corrected chi connectivity index (χ1v) is 6.97. The van der Waals surface area contributed by atoms with Crippen LogP contribution < -0.4 is 0 Å². The summed E-state index contributed by atoms with van der Waals surface area (Å²) >= 11 is 1.42. The Morgan fingerprint density at radius 3 is 2.50 bits per heavy atom. The van der Waals surface area contributed by atoms with Crippen molar-refractivity contribution in [2.45, 2.75) is 26.2 Å². The highest BCUT2D eigenvalue weighted by atomic mass is 32.1. The fraction of sp³-hybridized carbons (Fsp3) is 0.267. The summed E-state index contributed by atoms with van der Waals surface area (Å²) in [6.07, 6.45) is 1.11. The average molecular weight is 260 g/mol. The first kappa shape index (κ1) is 12.8. The van der Waals surface area contributed by atoms with Crippen LogP contribution in [0, 0.1) is 0 Å². The second-order valence-corrected chi connectivity index (χ2v) is 5.18. The quantitative estimate of drug-likeness (QED) is 0.870. The van der Waals surface area contributed by atoms with Crippen molar-refractivity contribution in [1.82, 2.24) is 0 Å². The van der Waals surface area contributed by atoms with Gasteiger partial charge in [-0.2, -0.15) is 11.3 Å². The lowest BCUT2D eigenvalue weighted by Crippen LogP contribution is -1.96. The minimum absolute atomic E-state index is 0.385. The van der Waals surface area contributed by atoms with Crippen LogP contribution in [-0.2, 0) is 0 Å². The molecule has 1 aromatic carbocycles. The van der Waals surface area contributed by atoms with Crippen molar-refractivity contribution in [1.29, 1.82) is 0 Å². The highest BCUT2D eigenvalue weighted by Crippen LogP contribution is 2.29. The zero-order valence-corrected chi connectivity index (χ0v) is 11.3. The smallest absolute Gasteiger partial charge is 0.337 e. The number of rotatable bonds is 4. The second kappa shape index (κ2) is 5.36. The molecule has 0 saturated heterocycles. The molecular weight excluding hydrogens is 244 g/mol. The molecule has 1 heterocycles. The van der Waals surface area contributed by atoms with E-state index in [0.717, 1.165) is 17.5 Å². The summed E-state index contributed by atoms with van der Waals surface area (Å²) in [6.45, 7) is 4.36. The lowest BCUT2D eigenvalue weighted by molar-refractivity contribution is 0.0698. The molecule has 2 nitrogen and oxygen atoms in total. The van der Waals surface area contributed by atoms with Crippen molar-refractivity contribution < 1.29 is 9.90 Å². The van der Waals surface area contributed by atoms with Crippen LogP contribution in [0.4, 0.5) is 0 Å². The number of carboxylic acid groups (broad SMARTS) is 1. The van der Waals surface area contributed by atoms with E-state index in [2.05, 4.69) is 26.0 Å². The summed E-state index contributed by atoms with van der Waals surface area (Å²) in [7, 11) is 0. The molecule has 0 saturated carbocycles. The first-order valence-electron chi connectivity index (χ1n) is 6.03. The van der Waals surface area contributed by atoms with Crippen LogP contribution in [0.5, 0.6) is 0 Å². The van der Waals surface area contributed by atoms with Gasteiger partial charge < -0.3 is 5.11 Å². The highest BCUT2D eigenvalue weighted by molar-refractivity contribution is 7.08. The molecule has 0 radical (unpaired) electrons. The van der Waals surface area contributed by atoms with E-state index in [4.69, 9.17) is 5.11 Å². The fourth-order valence-electron chi connectivity index (χ4n) is 1.91. The highest BCUT2D eigenvalue weighted by Gasteiger charge is 2.12. The predicted octanol–water partition coefficient (Wildman–Crippen LogP) is 4.63. The lowest BCUT2D eigenvalue weighted by atomic mass is 9.96. The number of hydrogen-bond acceptors (Lipinski definition) is 2. The van der Waals surface area contributed by atoms with Gasteiger partial charge in [-0.15, -0.1) is 0 Å². The monoisotopic (exact) mass is 260 g/mol. The topological polar surface area (TPSA) is 37.3 Å². The van der Waals surface area contributed by atoms with Crippen LogP contribution >= 0.6 is 11.3 Å².